The molecule has 0 spiro atoms. The van der Waals surface area contributed by atoms with Gasteiger partial charge in [-0.2, -0.15) is 0 Å². The third kappa shape index (κ3) is 1.95. The average Bonchev–Trinajstić information content (AvgIpc) is 2.96. The van der Waals surface area contributed by atoms with E-state index in [1.807, 2.05) is 7.05 Å². The SMILES string of the molecule is Cn1ccc(C(=O)Cn2nc3cnccn3c2=O)c1. The molecule has 19 heavy (non-hydrogen) atoms. The highest BCUT2D eigenvalue weighted by Crippen LogP contribution is 2.02. The number of carbonyl (C=O) groups is 1. The molecule has 0 unspecified atom stereocenters. The van der Waals surface area contributed by atoms with E-state index in [9.17, 15) is 9.59 Å². The van der Waals surface area contributed by atoms with Gasteiger partial charge in [-0.25, -0.2) is 13.9 Å². The summed E-state index contributed by atoms with van der Waals surface area (Å²) in [4.78, 5) is 27.9. The van der Waals surface area contributed by atoms with Crippen molar-refractivity contribution in [3.8, 4) is 0 Å². The third-order valence-electron chi connectivity index (χ3n) is 2.84. The summed E-state index contributed by atoms with van der Waals surface area (Å²) in [6.07, 6.45) is 7.99. The van der Waals surface area contributed by atoms with Crippen LogP contribution in [0.3, 0.4) is 0 Å². The normalized spacial score (nSPS) is 11.0. The van der Waals surface area contributed by atoms with Gasteiger partial charge in [0.05, 0.1) is 6.20 Å². The first-order chi connectivity index (χ1) is 9.15. The van der Waals surface area contributed by atoms with Gasteiger partial charge in [0.2, 0.25) is 0 Å². The number of aryl methyl sites for hydroxylation is 1. The van der Waals surface area contributed by atoms with E-state index in [1.165, 1.54) is 23.0 Å². The summed E-state index contributed by atoms with van der Waals surface area (Å²) in [5.41, 5.74) is 0.639. The Balaban J connectivity index is 1.95. The van der Waals surface area contributed by atoms with Gasteiger partial charge in [0.15, 0.2) is 11.4 Å². The van der Waals surface area contributed by atoms with Gasteiger partial charge < -0.3 is 4.57 Å². The molecule has 0 aliphatic heterocycles. The van der Waals surface area contributed by atoms with Crippen LogP contribution in [0.4, 0.5) is 0 Å². The van der Waals surface area contributed by atoms with Crippen LogP contribution in [0.15, 0.2) is 41.8 Å². The van der Waals surface area contributed by atoms with Crippen molar-refractivity contribution in [3.05, 3.63) is 53.1 Å². The fraction of sp³-hybridized carbons (Fsp3) is 0.167. The van der Waals surface area contributed by atoms with Crippen LogP contribution in [-0.2, 0) is 13.6 Å². The third-order valence-corrected chi connectivity index (χ3v) is 2.84. The van der Waals surface area contributed by atoms with Crippen LogP contribution in [0, 0.1) is 0 Å². The Bertz CT molecular complexity index is 811. The number of aromatic nitrogens is 5. The zero-order valence-corrected chi connectivity index (χ0v) is 10.2. The molecule has 0 amide bonds. The van der Waals surface area contributed by atoms with Gasteiger partial charge >= 0.3 is 5.69 Å². The van der Waals surface area contributed by atoms with Crippen molar-refractivity contribution in [2.75, 3.05) is 0 Å². The molecule has 3 aromatic rings. The van der Waals surface area contributed by atoms with Crippen molar-refractivity contribution >= 4 is 11.4 Å². The molecular weight excluding hydrogens is 246 g/mol. The Morgan fingerprint density at radius 1 is 1.37 bits per heavy atom. The molecule has 0 saturated carbocycles. The molecule has 0 N–H and O–H groups in total. The molecule has 0 bridgehead atoms. The van der Waals surface area contributed by atoms with Crippen molar-refractivity contribution in [1.29, 1.82) is 0 Å². The molecule has 96 valence electrons. The van der Waals surface area contributed by atoms with Crippen molar-refractivity contribution in [2.45, 2.75) is 6.54 Å². The quantitative estimate of drug-likeness (QED) is 0.624. The first-order valence-corrected chi connectivity index (χ1v) is 5.69. The zero-order chi connectivity index (χ0) is 13.4. The monoisotopic (exact) mass is 257 g/mol. The van der Waals surface area contributed by atoms with Crippen molar-refractivity contribution < 1.29 is 4.79 Å². The Labute approximate surface area is 107 Å². The number of hydrogen-bond donors (Lipinski definition) is 0. The van der Waals surface area contributed by atoms with Crippen LogP contribution in [0.5, 0.6) is 0 Å². The summed E-state index contributed by atoms with van der Waals surface area (Å²) >= 11 is 0. The van der Waals surface area contributed by atoms with Crippen molar-refractivity contribution in [2.24, 2.45) is 7.05 Å². The van der Waals surface area contributed by atoms with Gasteiger partial charge in [0.25, 0.3) is 0 Å². The molecule has 0 fully saturated rings. The average molecular weight is 257 g/mol. The highest BCUT2D eigenvalue weighted by Gasteiger charge is 2.12. The smallest absolute Gasteiger partial charge is 0.350 e. The summed E-state index contributed by atoms with van der Waals surface area (Å²) in [5.74, 6) is -0.154. The summed E-state index contributed by atoms with van der Waals surface area (Å²) in [5, 5.41) is 4.06. The van der Waals surface area contributed by atoms with Crippen LogP contribution in [0.2, 0.25) is 0 Å². The molecule has 0 atom stereocenters. The van der Waals surface area contributed by atoms with Crippen LogP contribution in [0.25, 0.3) is 5.65 Å². The molecule has 0 aromatic carbocycles. The minimum Gasteiger partial charge on any atom is -0.357 e. The van der Waals surface area contributed by atoms with Crippen LogP contribution >= 0.6 is 0 Å². The lowest BCUT2D eigenvalue weighted by atomic mass is 10.2. The highest BCUT2D eigenvalue weighted by atomic mass is 16.2. The number of rotatable bonds is 3. The lowest BCUT2D eigenvalue weighted by Crippen LogP contribution is -2.24. The first kappa shape index (κ1) is 11.4. The van der Waals surface area contributed by atoms with E-state index in [1.54, 1.807) is 23.0 Å². The van der Waals surface area contributed by atoms with Crippen LogP contribution in [-0.4, -0.2) is 29.5 Å². The van der Waals surface area contributed by atoms with Gasteiger partial charge in [-0.15, -0.1) is 5.10 Å². The molecular formula is C12H11N5O2. The molecule has 0 radical (unpaired) electrons. The predicted octanol–water partition coefficient (Wildman–Crippen LogP) is 0.112. The van der Waals surface area contributed by atoms with E-state index in [-0.39, 0.29) is 18.0 Å². The van der Waals surface area contributed by atoms with Crippen molar-refractivity contribution in [1.82, 2.24) is 23.7 Å². The molecule has 0 saturated heterocycles. The second kappa shape index (κ2) is 4.20. The molecule has 3 aromatic heterocycles. The number of nitrogens with zero attached hydrogens (tertiary/aromatic N) is 5. The predicted molar refractivity (Wildman–Crippen MR) is 67.0 cm³/mol. The number of ketones is 1. The maximum Gasteiger partial charge on any atom is 0.350 e. The number of Topliss-reactive ketones (excluding diaryl/α,β-unsaturated/α-hetero) is 1. The fourth-order valence-corrected chi connectivity index (χ4v) is 1.88. The fourth-order valence-electron chi connectivity index (χ4n) is 1.88. The van der Waals surface area contributed by atoms with E-state index in [0.29, 0.717) is 11.2 Å². The molecule has 3 rings (SSSR count). The van der Waals surface area contributed by atoms with Crippen LogP contribution in [0.1, 0.15) is 10.4 Å². The molecule has 7 heteroatoms. The lowest BCUT2D eigenvalue weighted by molar-refractivity contribution is 0.0966. The molecule has 0 aliphatic carbocycles. The Morgan fingerprint density at radius 2 is 2.21 bits per heavy atom. The Kier molecular flexibility index (Phi) is 2.52. The van der Waals surface area contributed by atoms with E-state index in [4.69, 9.17) is 0 Å². The maximum atomic E-state index is 12.0. The van der Waals surface area contributed by atoms with Gasteiger partial charge in [-0.3, -0.25) is 9.78 Å². The summed E-state index contributed by atoms with van der Waals surface area (Å²) < 4.78 is 4.28. The molecule has 7 nitrogen and oxygen atoms in total. The molecule has 0 aliphatic rings. The van der Waals surface area contributed by atoms with E-state index < -0.39 is 0 Å². The van der Waals surface area contributed by atoms with Gasteiger partial charge in [0.1, 0.15) is 6.54 Å². The van der Waals surface area contributed by atoms with E-state index in [0.717, 1.165) is 4.68 Å². The summed E-state index contributed by atoms with van der Waals surface area (Å²) in [6, 6.07) is 1.71. The number of carbonyl (C=O) groups excluding carboxylic acids is 1. The zero-order valence-electron chi connectivity index (χ0n) is 10.2. The van der Waals surface area contributed by atoms with Gasteiger partial charge in [-0.05, 0) is 6.07 Å². The standard InChI is InChI=1S/C12H11N5O2/c1-15-4-2-9(7-15)10(18)8-17-12(19)16-5-3-13-6-11(16)14-17/h2-7H,8H2,1H3. The Hall–Kier alpha value is -2.70. The lowest BCUT2D eigenvalue weighted by Gasteiger charge is -1.96. The van der Waals surface area contributed by atoms with E-state index >= 15 is 0 Å². The molecule has 3 heterocycles. The van der Waals surface area contributed by atoms with E-state index in [2.05, 4.69) is 10.1 Å². The van der Waals surface area contributed by atoms with Gasteiger partial charge in [0, 0.05) is 37.4 Å². The summed E-state index contributed by atoms with van der Waals surface area (Å²) in [7, 11) is 1.83. The topological polar surface area (TPSA) is 74.2 Å². The first-order valence-electron chi connectivity index (χ1n) is 5.69. The Morgan fingerprint density at radius 3 is 2.89 bits per heavy atom. The highest BCUT2D eigenvalue weighted by molar-refractivity contribution is 5.95. The number of fused-ring (bicyclic) bond motifs is 1. The van der Waals surface area contributed by atoms with Crippen molar-refractivity contribution in [3.63, 3.8) is 0 Å². The van der Waals surface area contributed by atoms with Crippen LogP contribution < -0.4 is 5.69 Å². The second-order valence-electron chi connectivity index (χ2n) is 4.23. The number of hydrogen-bond acceptors (Lipinski definition) is 4. The maximum absolute atomic E-state index is 12.0. The summed E-state index contributed by atoms with van der Waals surface area (Å²) in [6.45, 7) is -0.0788. The largest absolute Gasteiger partial charge is 0.357 e. The minimum absolute atomic E-state index is 0.0788. The minimum atomic E-state index is -0.346. The second-order valence-corrected chi connectivity index (χ2v) is 4.23. The van der Waals surface area contributed by atoms with Gasteiger partial charge in [-0.1, -0.05) is 0 Å².